The number of carbonyl (C=O) groups is 1. The van der Waals surface area contributed by atoms with Gasteiger partial charge in [0.15, 0.2) is 0 Å². The molecule has 2 heteroatoms. The van der Waals surface area contributed by atoms with Gasteiger partial charge < -0.3 is 0 Å². The van der Waals surface area contributed by atoms with Crippen molar-refractivity contribution in [1.29, 1.82) is 0 Å². The van der Waals surface area contributed by atoms with Crippen molar-refractivity contribution in [3.63, 3.8) is 0 Å². The molecule has 1 aromatic heterocycles. The molecule has 0 radical (unpaired) electrons. The van der Waals surface area contributed by atoms with E-state index in [0.29, 0.717) is 5.57 Å². The second-order valence-electron chi connectivity index (χ2n) is 3.06. The minimum Gasteiger partial charge on any atom is -0.298 e. The number of rotatable bonds is 5. The normalized spacial score (nSPS) is 12.6. The largest absolute Gasteiger partial charge is 0.298 e. The summed E-state index contributed by atoms with van der Waals surface area (Å²) in [5, 5.41) is 2.03. The average Bonchev–Trinajstić information content (AvgIpc) is 2.75. The summed E-state index contributed by atoms with van der Waals surface area (Å²) < 4.78 is 0. The molecule has 0 saturated carbocycles. The summed E-state index contributed by atoms with van der Waals surface area (Å²) in [6, 6.07) is 4.07. The van der Waals surface area contributed by atoms with Gasteiger partial charge in [-0.15, -0.1) is 11.3 Å². The third kappa shape index (κ3) is 3.33. The van der Waals surface area contributed by atoms with E-state index in [1.165, 1.54) is 4.88 Å². The molecule has 1 heterocycles. The summed E-state index contributed by atoms with van der Waals surface area (Å²) in [6.07, 6.45) is 7.09. The molecule has 1 aromatic rings. The Morgan fingerprint density at radius 1 is 1.60 bits per heavy atom. The molecule has 0 amide bonds. The minimum atomic E-state index is 0.709. The van der Waals surface area contributed by atoms with Crippen LogP contribution in [-0.2, 0) is 11.2 Å². The predicted molar refractivity (Wildman–Crippen MR) is 66.1 cm³/mol. The topological polar surface area (TPSA) is 17.1 Å². The molecular weight excluding hydrogens is 204 g/mol. The number of hydrogen-bond donors (Lipinski definition) is 0. The van der Waals surface area contributed by atoms with E-state index in [1.54, 1.807) is 17.4 Å². The van der Waals surface area contributed by atoms with E-state index < -0.39 is 0 Å². The highest BCUT2D eigenvalue weighted by Gasteiger charge is 2.02. The summed E-state index contributed by atoms with van der Waals surface area (Å²) in [4.78, 5) is 12.1. The van der Waals surface area contributed by atoms with Crippen LogP contribution in [0.25, 0.3) is 0 Å². The van der Waals surface area contributed by atoms with E-state index in [0.717, 1.165) is 18.3 Å². The van der Waals surface area contributed by atoms with Crippen molar-refractivity contribution in [2.24, 2.45) is 0 Å². The maximum absolute atomic E-state index is 10.9. The van der Waals surface area contributed by atoms with Crippen LogP contribution in [0.1, 0.15) is 11.8 Å². The molecular formula is C13H14OS. The molecule has 0 aromatic carbocycles. The van der Waals surface area contributed by atoms with E-state index in [-0.39, 0.29) is 0 Å². The fourth-order valence-electron chi connectivity index (χ4n) is 1.29. The zero-order valence-corrected chi connectivity index (χ0v) is 9.59. The fraction of sp³-hybridized carbons (Fsp3) is 0.154. The van der Waals surface area contributed by atoms with Crippen molar-refractivity contribution >= 4 is 17.6 Å². The first-order chi connectivity index (χ1) is 7.31. The lowest BCUT2D eigenvalue weighted by Crippen LogP contribution is -1.91. The van der Waals surface area contributed by atoms with Crippen molar-refractivity contribution in [3.8, 4) is 0 Å². The molecule has 0 saturated heterocycles. The molecule has 0 aliphatic rings. The Morgan fingerprint density at radius 2 is 2.40 bits per heavy atom. The van der Waals surface area contributed by atoms with E-state index in [1.807, 2.05) is 30.5 Å². The molecule has 78 valence electrons. The Labute approximate surface area is 94.4 Å². The van der Waals surface area contributed by atoms with Crippen LogP contribution in [0.4, 0.5) is 0 Å². The highest BCUT2D eigenvalue weighted by atomic mass is 32.1. The number of hydrogen-bond acceptors (Lipinski definition) is 2. The van der Waals surface area contributed by atoms with Crippen molar-refractivity contribution in [3.05, 3.63) is 58.3 Å². The summed E-state index contributed by atoms with van der Waals surface area (Å²) in [5.74, 6) is 0. The van der Waals surface area contributed by atoms with Crippen LogP contribution in [0.5, 0.6) is 0 Å². The highest BCUT2D eigenvalue weighted by Crippen LogP contribution is 2.17. The summed E-state index contributed by atoms with van der Waals surface area (Å²) in [5.41, 5.74) is 1.69. The van der Waals surface area contributed by atoms with Gasteiger partial charge in [0.25, 0.3) is 0 Å². The lowest BCUT2D eigenvalue weighted by Gasteiger charge is -2.02. The summed E-state index contributed by atoms with van der Waals surface area (Å²) >= 11 is 1.69. The number of aldehydes is 1. The van der Waals surface area contributed by atoms with Crippen LogP contribution in [0.3, 0.4) is 0 Å². The zero-order valence-electron chi connectivity index (χ0n) is 8.77. The third-order valence-electron chi connectivity index (χ3n) is 2.04. The molecule has 0 fully saturated rings. The minimum absolute atomic E-state index is 0.709. The highest BCUT2D eigenvalue weighted by molar-refractivity contribution is 7.09. The second-order valence-corrected chi connectivity index (χ2v) is 4.09. The van der Waals surface area contributed by atoms with Crippen LogP contribution >= 0.6 is 11.3 Å². The van der Waals surface area contributed by atoms with Gasteiger partial charge >= 0.3 is 0 Å². The van der Waals surface area contributed by atoms with Gasteiger partial charge in [-0.2, -0.15) is 0 Å². The molecule has 0 aliphatic carbocycles. The number of carbonyl (C=O) groups excluding carboxylic acids is 1. The molecule has 0 spiro atoms. The Kier molecular flexibility index (Phi) is 4.78. The first-order valence-corrected chi connectivity index (χ1v) is 5.65. The molecule has 15 heavy (non-hydrogen) atoms. The molecule has 0 unspecified atom stereocenters. The quantitative estimate of drug-likeness (QED) is 0.419. The molecule has 0 bridgehead atoms. The standard InChI is InChI=1S/C13H14OS/c1-3-6-12(10-14)11(4-2)9-13-7-5-8-15-13/h3-8,10H,2,9H2,1H3/b6-3-,12-11-. The molecule has 0 N–H and O–H groups in total. The average molecular weight is 218 g/mol. The van der Waals surface area contributed by atoms with Gasteiger partial charge in [0, 0.05) is 16.9 Å². The van der Waals surface area contributed by atoms with Gasteiger partial charge in [0.2, 0.25) is 0 Å². The van der Waals surface area contributed by atoms with Crippen LogP contribution in [-0.4, -0.2) is 6.29 Å². The maximum Gasteiger partial charge on any atom is 0.150 e. The Bertz CT molecular complexity index is 383. The van der Waals surface area contributed by atoms with Crippen LogP contribution in [0.15, 0.2) is 53.5 Å². The van der Waals surface area contributed by atoms with E-state index in [9.17, 15) is 4.79 Å². The van der Waals surface area contributed by atoms with Gasteiger partial charge in [-0.3, -0.25) is 4.79 Å². The molecule has 1 rings (SSSR count). The van der Waals surface area contributed by atoms with Crippen molar-refractivity contribution in [2.45, 2.75) is 13.3 Å². The second kappa shape index (κ2) is 6.14. The molecule has 0 aliphatic heterocycles. The lowest BCUT2D eigenvalue weighted by atomic mass is 10.0. The van der Waals surface area contributed by atoms with Crippen LogP contribution in [0, 0.1) is 0 Å². The van der Waals surface area contributed by atoms with Gasteiger partial charge in [0.05, 0.1) is 0 Å². The van der Waals surface area contributed by atoms with Gasteiger partial charge in [0.1, 0.15) is 6.29 Å². The summed E-state index contributed by atoms with van der Waals surface area (Å²) in [6.45, 7) is 5.64. The number of allylic oxidation sites excluding steroid dienone is 5. The SMILES string of the molecule is C=C/C(Cc1cccs1)=C(C=O)\C=C/C. The maximum atomic E-state index is 10.9. The summed E-state index contributed by atoms with van der Waals surface area (Å²) in [7, 11) is 0. The Balaban J connectivity index is 2.95. The first-order valence-electron chi connectivity index (χ1n) is 4.77. The monoisotopic (exact) mass is 218 g/mol. The molecule has 1 nitrogen and oxygen atoms in total. The number of thiophene rings is 1. The van der Waals surface area contributed by atoms with Gasteiger partial charge in [-0.1, -0.05) is 30.9 Å². The van der Waals surface area contributed by atoms with Crippen molar-refractivity contribution in [1.82, 2.24) is 0 Å². The smallest absolute Gasteiger partial charge is 0.150 e. The van der Waals surface area contributed by atoms with E-state index in [4.69, 9.17) is 0 Å². The fourth-order valence-corrected chi connectivity index (χ4v) is 2.02. The zero-order chi connectivity index (χ0) is 11.1. The van der Waals surface area contributed by atoms with Gasteiger partial charge in [-0.05, 0) is 23.9 Å². The van der Waals surface area contributed by atoms with Crippen LogP contribution < -0.4 is 0 Å². The Hall–Kier alpha value is -1.41. The van der Waals surface area contributed by atoms with E-state index in [2.05, 4.69) is 12.6 Å². The third-order valence-corrected chi connectivity index (χ3v) is 2.91. The van der Waals surface area contributed by atoms with Gasteiger partial charge in [-0.25, -0.2) is 0 Å². The predicted octanol–water partition coefficient (Wildman–Crippen LogP) is 3.55. The van der Waals surface area contributed by atoms with Crippen molar-refractivity contribution < 1.29 is 4.79 Å². The lowest BCUT2D eigenvalue weighted by molar-refractivity contribution is -0.104. The van der Waals surface area contributed by atoms with Crippen molar-refractivity contribution in [2.75, 3.05) is 0 Å². The van der Waals surface area contributed by atoms with E-state index >= 15 is 0 Å². The van der Waals surface area contributed by atoms with Crippen LogP contribution in [0.2, 0.25) is 0 Å². The first kappa shape index (κ1) is 11.7. The molecule has 0 atom stereocenters. The Morgan fingerprint density at radius 3 is 2.87 bits per heavy atom.